The summed E-state index contributed by atoms with van der Waals surface area (Å²) in [4.78, 5) is 12.7. The highest BCUT2D eigenvalue weighted by Gasteiger charge is 2.12. The van der Waals surface area contributed by atoms with Crippen LogP contribution in [0.2, 0.25) is 0 Å². The van der Waals surface area contributed by atoms with Crippen LogP contribution in [-0.2, 0) is 23.1 Å². The van der Waals surface area contributed by atoms with Gasteiger partial charge in [0.2, 0.25) is 16.0 Å². The van der Waals surface area contributed by atoms with Gasteiger partial charge in [-0.2, -0.15) is 0 Å². The minimum Gasteiger partial charge on any atom is -0.347 e. The van der Waals surface area contributed by atoms with E-state index < -0.39 is 10.0 Å². The Labute approximate surface area is 143 Å². The first-order valence-electron chi connectivity index (χ1n) is 7.47. The van der Waals surface area contributed by atoms with E-state index in [-0.39, 0.29) is 4.90 Å². The van der Waals surface area contributed by atoms with Crippen LogP contribution in [0.25, 0.3) is 0 Å². The fourth-order valence-corrected chi connectivity index (χ4v) is 2.87. The molecule has 0 bridgehead atoms. The zero-order chi connectivity index (χ0) is 17.9. The molecule has 2 aromatic rings. The maximum absolute atomic E-state index is 11.5. The quantitative estimate of drug-likeness (QED) is 0.840. The molecule has 1 aromatic carbocycles. The van der Waals surface area contributed by atoms with Gasteiger partial charge in [0, 0.05) is 33.4 Å². The number of hydrogen-bond donors (Lipinski definition) is 1. The number of aromatic nitrogens is 2. The summed E-state index contributed by atoms with van der Waals surface area (Å²) < 4.78 is 23.0. The summed E-state index contributed by atoms with van der Waals surface area (Å²) in [6, 6.07) is 6.81. The minimum atomic E-state index is -3.70. The van der Waals surface area contributed by atoms with Crippen molar-refractivity contribution in [2.24, 2.45) is 5.14 Å². The van der Waals surface area contributed by atoms with Gasteiger partial charge in [-0.05, 0) is 43.3 Å². The molecule has 0 aliphatic rings. The van der Waals surface area contributed by atoms with E-state index in [4.69, 9.17) is 5.14 Å². The van der Waals surface area contributed by atoms with Gasteiger partial charge < -0.3 is 4.90 Å². The molecule has 0 saturated heterocycles. The van der Waals surface area contributed by atoms with Gasteiger partial charge in [-0.25, -0.2) is 23.5 Å². The second-order valence-electron chi connectivity index (χ2n) is 6.05. The van der Waals surface area contributed by atoms with Crippen molar-refractivity contribution in [3.05, 3.63) is 47.3 Å². The SMILES string of the molecule is Cc1ccc(S(N)(=O)=O)cc1CN(C)Cc1ccnc(N(C)C)n1. The van der Waals surface area contributed by atoms with E-state index in [1.807, 2.05) is 39.0 Å². The Bertz CT molecular complexity index is 821. The lowest BCUT2D eigenvalue weighted by molar-refractivity contribution is 0.314. The fraction of sp³-hybridized carbons (Fsp3) is 0.375. The maximum atomic E-state index is 11.5. The number of aryl methyl sites for hydroxylation is 1. The van der Waals surface area contributed by atoms with Crippen LogP contribution in [0.3, 0.4) is 0 Å². The third kappa shape index (κ3) is 4.73. The third-order valence-corrected chi connectivity index (χ3v) is 4.53. The summed E-state index contributed by atoms with van der Waals surface area (Å²) in [5, 5.41) is 5.21. The molecule has 0 saturated carbocycles. The average molecular weight is 349 g/mol. The van der Waals surface area contributed by atoms with Crippen molar-refractivity contribution in [1.29, 1.82) is 0 Å². The molecule has 0 radical (unpaired) electrons. The summed E-state index contributed by atoms with van der Waals surface area (Å²) >= 11 is 0. The first kappa shape index (κ1) is 18.3. The number of rotatable bonds is 6. The molecule has 8 heteroatoms. The van der Waals surface area contributed by atoms with E-state index in [0.717, 1.165) is 16.8 Å². The Kier molecular flexibility index (Phi) is 5.53. The Balaban J connectivity index is 2.15. The van der Waals surface area contributed by atoms with Crippen molar-refractivity contribution in [2.45, 2.75) is 24.9 Å². The topological polar surface area (TPSA) is 92.4 Å². The molecule has 0 aliphatic carbocycles. The number of sulfonamides is 1. The lowest BCUT2D eigenvalue weighted by atomic mass is 10.1. The van der Waals surface area contributed by atoms with Gasteiger partial charge in [-0.15, -0.1) is 0 Å². The number of benzene rings is 1. The number of nitrogens with two attached hydrogens (primary N) is 1. The van der Waals surface area contributed by atoms with Crippen LogP contribution in [0.1, 0.15) is 16.8 Å². The summed E-state index contributed by atoms with van der Waals surface area (Å²) in [6.45, 7) is 3.17. The predicted octanol–water partition coefficient (Wildman–Crippen LogP) is 1.13. The predicted molar refractivity (Wildman–Crippen MR) is 94.1 cm³/mol. The molecule has 0 spiro atoms. The van der Waals surface area contributed by atoms with Crippen LogP contribution < -0.4 is 10.0 Å². The van der Waals surface area contributed by atoms with Crippen LogP contribution in [0.4, 0.5) is 5.95 Å². The van der Waals surface area contributed by atoms with Gasteiger partial charge in [0.05, 0.1) is 10.6 Å². The van der Waals surface area contributed by atoms with Crippen LogP contribution in [0, 0.1) is 6.92 Å². The van der Waals surface area contributed by atoms with Crippen molar-refractivity contribution in [2.75, 3.05) is 26.0 Å². The number of primary sulfonamides is 1. The third-order valence-electron chi connectivity index (χ3n) is 3.62. The first-order valence-corrected chi connectivity index (χ1v) is 9.01. The Morgan fingerprint density at radius 1 is 1.12 bits per heavy atom. The van der Waals surface area contributed by atoms with Crippen molar-refractivity contribution >= 4 is 16.0 Å². The molecule has 0 aliphatic heterocycles. The normalized spacial score (nSPS) is 11.8. The van der Waals surface area contributed by atoms with Crippen molar-refractivity contribution in [3.8, 4) is 0 Å². The van der Waals surface area contributed by atoms with Crippen LogP contribution in [0.5, 0.6) is 0 Å². The highest BCUT2D eigenvalue weighted by molar-refractivity contribution is 7.89. The zero-order valence-electron chi connectivity index (χ0n) is 14.4. The van der Waals surface area contributed by atoms with Gasteiger partial charge in [-0.3, -0.25) is 4.90 Å². The van der Waals surface area contributed by atoms with Crippen LogP contribution >= 0.6 is 0 Å². The molecule has 130 valence electrons. The second-order valence-corrected chi connectivity index (χ2v) is 7.61. The Morgan fingerprint density at radius 3 is 2.46 bits per heavy atom. The lowest BCUT2D eigenvalue weighted by Crippen LogP contribution is -2.20. The van der Waals surface area contributed by atoms with Gasteiger partial charge >= 0.3 is 0 Å². The van der Waals surface area contributed by atoms with Gasteiger partial charge in [-0.1, -0.05) is 6.07 Å². The van der Waals surface area contributed by atoms with E-state index in [9.17, 15) is 8.42 Å². The highest BCUT2D eigenvalue weighted by Crippen LogP contribution is 2.17. The maximum Gasteiger partial charge on any atom is 0.238 e. The summed E-state index contributed by atoms with van der Waals surface area (Å²) in [5.41, 5.74) is 2.84. The fourth-order valence-electron chi connectivity index (χ4n) is 2.31. The Hall–Kier alpha value is -2.03. The van der Waals surface area contributed by atoms with Crippen molar-refractivity contribution in [1.82, 2.24) is 14.9 Å². The molecule has 0 amide bonds. The monoisotopic (exact) mass is 349 g/mol. The van der Waals surface area contributed by atoms with Gasteiger partial charge in [0.25, 0.3) is 0 Å². The molecule has 2 N–H and O–H groups in total. The minimum absolute atomic E-state index is 0.133. The number of nitrogens with zero attached hydrogens (tertiary/aromatic N) is 4. The molecule has 1 aromatic heterocycles. The summed E-state index contributed by atoms with van der Waals surface area (Å²) in [7, 11) is 2.05. The number of hydrogen-bond acceptors (Lipinski definition) is 6. The van der Waals surface area contributed by atoms with E-state index >= 15 is 0 Å². The van der Waals surface area contributed by atoms with Gasteiger partial charge in [0.1, 0.15) is 0 Å². The molecular weight excluding hydrogens is 326 g/mol. The first-order chi connectivity index (χ1) is 11.2. The average Bonchev–Trinajstić information content (AvgIpc) is 2.48. The molecular formula is C16H23N5O2S. The molecule has 0 fully saturated rings. The van der Waals surface area contributed by atoms with E-state index in [2.05, 4.69) is 14.9 Å². The van der Waals surface area contributed by atoms with E-state index in [1.165, 1.54) is 6.07 Å². The molecule has 0 atom stereocenters. The van der Waals surface area contributed by atoms with E-state index in [1.54, 1.807) is 18.3 Å². The van der Waals surface area contributed by atoms with Crippen molar-refractivity contribution < 1.29 is 8.42 Å². The summed E-state index contributed by atoms with van der Waals surface area (Å²) in [6.07, 6.45) is 1.73. The van der Waals surface area contributed by atoms with Crippen LogP contribution in [-0.4, -0.2) is 44.4 Å². The van der Waals surface area contributed by atoms with Gasteiger partial charge in [0.15, 0.2) is 0 Å². The molecule has 1 heterocycles. The van der Waals surface area contributed by atoms with Crippen molar-refractivity contribution in [3.63, 3.8) is 0 Å². The molecule has 24 heavy (non-hydrogen) atoms. The van der Waals surface area contributed by atoms with Crippen LogP contribution in [0.15, 0.2) is 35.4 Å². The Morgan fingerprint density at radius 2 is 1.83 bits per heavy atom. The number of anilines is 1. The standard InChI is InChI=1S/C16H23N5O2S/c1-12-5-6-15(24(17,22)23)9-13(12)10-21(4)11-14-7-8-18-16(19-14)20(2)3/h5-9H,10-11H2,1-4H3,(H2,17,22,23). The second kappa shape index (κ2) is 7.25. The lowest BCUT2D eigenvalue weighted by Gasteiger charge is -2.19. The summed E-state index contributed by atoms with van der Waals surface area (Å²) in [5.74, 6) is 0.660. The molecule has 7 nitrogen and oxygen atoms in total. The smallest absolute Gasteiger partial charge is 0.238 e. The molecule has 0 unspecified atom stereocenters. The highest BCUT2D eigenvalue weighted by atomic mass is 32.2. The zero-order valence-corrected chi connectivity index (χ0v) is 15.2. The largest absolute Gasteiger partial charge is 0.347 e. The van der Waals surface area contributed by atoms with E-state index in [0.29, 0.717) is 19.0 Å². The molecule has 2 rings (SSSR count).